The molecule has 0 saturated carbocycles. The van der Waals surface area contributed by atoms with Gasteiger partial charge in [-0.05, 0) is 32.9 Å². The summed E-state index contributed by atoms with van der Waals surface area (Å²) in [5, 5.41) is 0. The van der Waals surface area contributed by atoms with E-state index < -0.39 is 14.8 Å². The molecule has 0 radical (unpaired) electrons. The number of nitrogens with zero attached hydrogens (tertiary/aromatic N) is 1. The second kappa shape index (κ2) is 3.69. The Bertz CT molecular complexity index is 449. The monoisotopic (exact) mass is 229 g/mol. The molecule has 1 aromatic rings. The molecule has 0 aliphatic heterocycles. The van der Waals surface area contributed by atoms with Crippen LogP contribution in [0.5, 0.6) is 0 Å². The van der Waals surface area contributed by atoms with E-state index in [1.807, 2.05) is 0 Å². The first kappa shape index (κ1) is 11.8. The molecular formula is C9H15N3O2S. The van der Waals surface area contributed by atoms with E-state index in [1.165, 1.54) is 6.20 Å². The minimum Gasteiger partial charge on any atom is -0.396 e. The predicted molar refractivity (Wildman–Crippen MR) is 60.9 cm³/mol. The Balaban J connectivity index is 3.03. The third-order valence-electron chi connectivity index (χ3n) is 1.88. The van der Waals surface area contributed by atoms with Gasteiger partial charge in [0.1, 0.15) is 0 Å². The van der Waals surface area contributed by atoms with Crippen LogP contribution in [-0.4, -0.2) is 18.1 Å². The first-order valence-corrected chi connectivity index (χ1v) is 5.95. The lowest BCUT2D eigenvalue weighted by Gasteiger charge is -2.20. The van der Waals surface area contributed by atoms with Crippen LogP contribution in [0.3, 0.4) is 0 Å². The van der Waals surface area contributed by atoms with E-state index >= 15 is 0 Å². The van der Waals surface area contributed by atoms with Crippen molar-refractivity contribution in [2.75, 3.05) is 10.5 Å². The van der Waals surface area contributed by atoms with Crippen molar-refractivity contribution in [3.8, 4) is 0 Å². The number of aromatic nitrogens is 1. The van der Waals surface area contributed by atoms with Gasteiger partial charge in [0.2, 0.25) is 10.0 Å². The third kappa shape index (κ3) is 2.59. The highest BCUT2D eigenvalue weighted by molar-refractivity contribution is 7.94. The Morgan fingerprint density at radius 1 is 1.40 bits per heavy atom. The normalized spacial score (nSPS) is 12.5. The van der Waals surface area contributed by atoms with Gasteiger partial charge in [0.25, 0.3) is 0 Å². The maximum Gasteiger partial charge on any atom is 0.238 e. The number of hydrogen-bond donors (Lipinski definition) is 2. The van der Waals surface area contributed by atoms with Crippen LogP contribution in [-0.2, 0) is 10.0 Å². The molecule has 0 spiro atoms. The van der Waals surface area contributed by atoms with Gasteiger partial charge in [-0.3, -0.25) is 4.72 Å². The zero-order chi connectivity index (χ0) is 11.7. The molecule has 1 heterocycles. The molecule has 5 nitrogen and oxygen atoms in total. The maximum absolute atomic E-state index is 11.8. The van der Waals surface area contributed by atoms with E-state index in [2.05, 4.69) is 9.71 Å². The van der Waals surface area contributed by atoms with Crippen LogP contribution in [0.4, 0.5) is 11.5 Å². The van der Waals surface area contributed by atoms with Gasteiger partial charge in [0, 0.05) is 6.20 Å². The summed E-state index contributed by atoms with van der Waals surface area (Å²) in [6.07, 6.45) is 1.48. The molecule has 15 heavy (non-hydrogen) atoms. The average Bonchev–Trinajstić information content (AvgIpc) is 2.06. The van der Waals surface area contributed by atoms with E-state index in [0.29, 0.717) is 5.69 Å². The summed E-state index contributed by atoms with van der Waals surface area (Å²) in [6.45, 7) is 4.82. The quantitative estimate of drug-likeness (QED) is 0.798. The van der Waals surface area contributed by atoms with Crippen LogP contribution in [0.25, 0.3) is 0 Å². The minimum atomic E-state index is -3.47. The van der Waals surface area contributed by atoms with Crippen molar-refractivity contribution in [3.63, 3.8) is 0 Å². The van der Waals surface area contributed by atoms with Crippen LogP contribution in [0.1, 0.15) is 20.8 Å². The number of rotatable bonds is 2. The standard InChI is InChI=1S/C9H15N3O2S/c1-9(2,3)15(13,14)12-8-7(10)5-4-6-11-8/h4-6H,10H2,1-3H3,(H,11,12). The number of pyridine rings is 1. The molecule has 0 aliphatic rings. The van der Waals surface area contributed by atoms with E-state index in [0.717, 1.165) is 0 Å². The van der Waals surface area contributed by atoms with Gasteiger partial charge in [-0.1, -0.05) is 0 Å². The molecule has 6 heteroatoms. The van der Waals surface area contributed by atoms with Crippen LogP contribution < -0.4 is 10.5 Å². The fourth-order valence-corrected chi connectivity index (χ4v) is 1.51. The molecule has 0 amide bonds. The lowest BCUT2D eigenvalue weighted by Crippen LogP contribution is -2.34. The van der Waals surface area contributed by atoms with E-state index in [-0.39, 0.29) is 5.82 Å². The van der Waals surface area contributed by atoms with Crippen molar-refractivity contribution < 1.29 is 8.42 Å². The SMILES string of the molecule is CC(C)(C)S(=O)(=O)Nc1ncccc1N. The van der Waals surface area contributed by atoms with Crippen molar-refractivity contribution >= 4 is 21.5 Å². The molecule has 0 aromatic carbocycles. The summed E-state index contributed by atoms with van der Waals surface area (Å²) in [5.41, 5.74) is 5.89. The number of nitrogen functional groups attached to an aromatic ring is 1. The molecule has 84 valence electrons. The Kier molecular flexibility index (Phi) is 2.90. The molecule has 1 rings (SSSR count). The summed E-state index contributed by atoms with van der Waals surface area (Å²) in [7, 11) is -3.47. The summed E-state index contributed by atoms with van der Waals surface area (Å²) in [6, 6.07) is 3.23. The molecule has 0 aliphatic carbocycles. The van der Waals surface area contributed by atoms with Crippen LogP contribution >= 0.6 is 0 Å². The maximum atomic E-state index is 11.8. The molecule has 3 N–H and O–H groups in total. The molecule has 0 saturated heterocycles. The second-order valence-corrected chi connectivity index (χ2v) is 6.59. The smallest absolute Gasteiger partial charge is 0.238 e. The fourth-order valence-electron chi connectivity index (χ4n) is 0.783. The van der Waals surface area contributed by atoms with Gasteiger partial charge in [0.05, 0.1) is 10.4 Å². The van der Waals surface area contributed by atoms with Crippen molar-refractivity contribution in [2.45, 2.75) is 25.5 Å². The summed E-state index contributed by atoms with van der Waals surface area (Å²) in [5.74, 6) is 0.174. The van der Waals surface area contributed by atoms with Crippen molar-refractivity contribution in [1.29, 1.82) is 0 Å². The lowest BCUT2D eigenvalue weighted by molar-refractivity contribution is 0.566. The van der Waals surface area contributed by atoms with E-state index in [9.17, 15) is 8.42 Å². The Morgan fingerprint density at radius 2 is 2.00 bits per heavy atom. The lowest BCUT2D eigenvalue weighted by atomic mass is 10.3. The first-order chi connectivity index (χ1) is 6.74. The Hall–Kier alpha value is -1.30. The highest BCUT2D eigenvalue weighted by Gasteiger charge is 2.29. The average molecular weight is 229 g/mol. The number of anilines is 2. The molecule has 1 aromatic heterocycles. The number of nitrogens with one attached hydrogen (secondary N) is 1. The van der Waals surface area contributed by atoms with Gasteiger partial charge >= 0.3 is 0 Å². The third-order valence-corrected chi connectivity index (χ3v) is 3.95. The topological polar surface area (TPSA) is 85.1 Å². The molecule has 0 atom stereocenters. The number of sulfonamides is 1. The second-order valence-electron chi connectivity index (χ2n) is 4.16. The largest absolute Gasteiger partial charge is 0.396 e. The van der Waals surface area contributed by atoms with Gasteiger partial charge in [-0.15, -0.1) is 0 Å². The van der Waals surface area contributed by atoms with E-state index in [1.54, 1.807) is 32.9 Å². The van der Waals surface area contributed by atoms with Crippen molar-refractivity contribution in [1.82, 2.24) is 4.98 Å². The Morgan fingerprint density at radius 3 is 2.47 bits per heavy atom. The predicted octanol–water partition coefficient (Wildman–Crippen LogP) is 1.20. The van der Waals surface area contributed by atoms with Gasteiger partial charge in [0.15, 0.2) is 5.82 Å². The van der Waals surface area contributed by atoms with Crippen LogP contribution in [0.15, 0.2) is 18.3 Å². The van der Waals surface area contributed by atoms with Crippen LogP contribution in [0, 0.1) is 0 Å². The fraction of sp³-hybridized carbons (Fsp3) is 0.444. The van der Waals surface area contributed by atoms with Gasteiger partial charge in [-0.25, -0.2) is 13.4 Å². The van der Waals surface area contributed by atoms with E-state index in [4.69, 9.17) is 5.73 Å². The summed E-state index contributed by atoms with van der Waals surface area (Å²) < 4.78 is 25.0. The van der Waals surface area contributed by atoms with Crippen LogP contribution in [0.2, 0.25) is 0 Å². The van der Waals surface area contributed by atoms with Crippen molar-refractivity contribution in [2.24, 2.45) is 0 Å². The van der Waals surface area contributed by atoms with Gasteiger partial charge < -0.3 is 5.73 Å². The zero-order valence-electron chi connectivity index (χ0n) is 8.98. The highest BCUT2D eigenvalue weighted by Crippen LogP contribution is 2.21. The Labute approximate surface area is 89.8 Å². The minimum absolute atomic E-state index is 0.174. The number of nitrogens with two attached hydrogens (primary N) is 1. The molecule has 0 fully saturated rings. The molecule has 0 unspecified atom stereocenters. The highest BCUT2D eigenvalue weighted by atomic mass is 32.2. The zero-order valence-corrected chi connectivity index (χ0v) is 9.80. The molecule has 0 bridgehead atoms. The molecular weight excluding hydrogens is 214 g/mol. The van der Waals surface area contributed by atoms with Crippen molar-refractivity contribution in [3.05, 3.63) is 18.3 Å². The summed E-state index contributed by atoms with van der Waals surface area (Å²) in [4.78, 5) is 3.86. The first-order valence-electron chi connectivity index (χ1n) is 4.47. The van der Waals surface area contributed by atoms with Gasteiger partial charge in [-0.2, -0.15) is 0 Å². The summed E-state index contributed by atoms with van der Waals surface area (Å²) >= 11 is 0. The number of hydrogen-bond acceptors (Lipinski definition) is 4.